The van der Waals surface area contributed by atoms with Gasteiger partial charge >= 0.3 is 0 Å². The van der Waals surface area contributed by atoms with Crippen molar-refractivity contribution in [2.45, 2.75) is 6.92 Å². The standard InChI is InChI=1S/C13H17FN6/c1-9-7-17-19(2)11(9)12-16-8-10(14)13(18-12)20-5-3-15-4-6-20/h7-8,15H,3-6H2,1-2H3. The highest BCUT2D eigenvalue weighted by Gasteiger charge is 2.19. The Morgan fingerprint density at radius 2 is 2.00 bits per heavy atom. The van der Waals surface area contributed by atoms with Crippen LogP contribution < -0.4 is 10.2 Å². The van der Waals surface area contributed by atoms with E-state index in [0.29, 0.717) is 11.6 Å². The molecule has 0 amide bonds. The topological polar surface area (TPSA) is 58.9 Å². The molecule has 1 aliphatic heterocycles. The second kappa shape index (κ2) is 5.16. The number of rotatable bonds is 2. The summed E-state index contributed by atoms with van der Waals surface area (Å²) >= 11 is 0. The third-order valence-corrected chi connectivity index (χ3v) is 3.48. The summed E-state index contributed by atoms with van der Waals surface area (Å²) in [6.45, 7) is 5.11. The Labute approximate surface area is 116 Å². The molecule has 0 spiro atoms. The van der Waals surface area contributed by atoms with Gasteiger partial charge in [0, 0.05) is 33.2 Å². The molecule has 0 saturated carbocycles. The molecule has 1 fully saturated rings. The van der Waals surface area contributed by atoms with E-state index in [4.69, 9.17) is 0 Å². The van der Waals surface area contributed by atoms with Crippen LogP contribution in [0.4, 0.5) is 10.2 Å². The highest BCUT2D eigenvalue weighted by atomic mass is 19.1. The average Bonchev–Trinajstić information content (AvgIpc) is 2.80. The van der Waals surface area contributed by atoms with Crippen LogP contribution in [0.1, 0.15) is 5.56 Å². The Hall–Kier alpha value is -2.02. The lowest BCUT2D eigenvalue weighted by Gasteiger charge is -2.28. The Morgan fingerprint density at radius 3 is 2.65 bits per heavy atom. The van der Waals surface area contributed by atoms with E-state index in [-0.39, 0.29) is 5.82 Å². The minimum atomic E-state index is -0.379. The molecule has 2 aromatic rings. The molecular formula is C13H17FN6. The average molecular weight is 276 g/mol. The monoisotopic (exact) mass is 276 g/mol. The van der Waals surface area contributed by atoms with E-state index >= 15 is 0 Å². The second-order valence-electron chi connectivity index (χ2n) is 4.90. The zero-order valence-corrected chi connectivity index (χ0v) is 11.6. The molecule has 1 N–H and O–H groups in total. The summed E-state index contributed by atoms with van der Waals surface area (Å²) in [6, 6.07) is 0. The van der Waals surface area contributed by atoms with Gasteiger partial charge in [-0.2, -0.15) is 5.10 Å². The number of anilines is 1. The molecule has 1 aliphatic rings. The summed E-state index contributed by atoms with van der Waals surface area (Å²) < 4.78 is 15.7. The van der Waals surface area contributed by atoms with Gasteiger partial charge in [0.15, 0.2) is 17.5 Å². The number of halogens is 1. The van der Waals surface area contributed by atoms with Crippen molar-refractivity contribution in [1.82, 2.24) is 25.1 Å². The van der Waals surface area contributed by atoms with Gasteiger partial charge in [-0.25, -0.2) is 14.4 Å². The number of aryl methyl sites for hydroxylation is 2. The summed E-state index contributed by atoms with van der Waals surface area (Å²) in [6.07, 6.45) is 3.00. The zero-order chi connectivity index (χ0) is 14.1. The van der Waals surface area contributed by atoms with Gasteiger partial charge in [-0.05, 0) is 12.5 Å². The summed E-state index contributed by atoms with van der Waals surface area (Å²) in [5.41, 5.74) is 1.80. The molecule has 6 nitrogen and oxygen atoms in total. The van der Waals surface area contributed by atoms with Crippen LogP contribution in [0.15, 0.2) is 12.4 Å². The number of hydrogen-bond acceptors (Lipinski definition) is 5. The first-order valence-corrected chi connectivity index (χ1v) is 6.64. The SMILES string of the molecule is Cc1cnn(C)c1-c1ncc(F)c(N2CCNCC2)n1. The number of aromatic nitrogens is 4. The highest BCUT2D eigenvalue weighted by molar-refractivity contribution is 5.57. The van der Waals surface area contributed by atoms with E-state index in [1.165, 1.54) is 6.20 Å². The lowest BCUT2D eigenvalue weighted by Crippen LogP contribution is -2.44. The molecule has 0 atom stereocenters. The van der Waals surface area contributed by atoms with Crippen LogP contribution in [0.3, 0.4) is 0 Å². The second-order valence-corrected chi connectivity index (χ2v) is 4.90. The molecule has 106 valence electrons. The van der Waals surface area contributed by atoms with Crippen molar-refractivity contribution in [1.29, 1.82) is 0 Å². The number of nitrogens with one attached hydrogen (secondary N) is 1. The van der Waals surface area contributed by atoms with Crippen molar-refractivity contribution in [2.75, 3.05) is 31.1 Å². The first kappa shape index (κ1) is 13.0. The molecule has 20 heavy (non-hydrogen) atoms. The molecule has 7 heteroatoms. The lowest BCUT2D eigenvalue weighted by molar-refractivity contribution is 0.556. The van der Waals surface area contributed by atoms with Crippen LogP contribution in [0.2, 0.25) is 0 Å². The minimum absolute atomic E-state index is 0.372. The van der Waals surface area contributed by atoms with Crippen molar-refractivity contribution in [2.24, 2.45) is 7.05 Å². The van der Waals surface area contributed by atoms with Gasteiger partial charge in [-0.3, -0.25) is 4.68 Å². The molecule has 0 aliphatic carbocycles. The smallest absolute Gasteiger partial charge is 0.183 e. The van der Waals surface area contributed by atoms with E-state index in [1.807, 2.05) is 18.9 Å². The predicted molar refractivity (Wildman–Crippen MR) is 74.0 cm³/mol. The van der Waals surface area contributed by atoms with Gasteiger partial charge in [0.2, 0.25) is 0 Å². The van der Waals surface area contributed by atoms with Gasteiger partial charge in [0.25, 0.3) is 0 Å². The summed E-state index contributed by atoms with van der Waals surface area (Å²) in [7, 11) is 1.83. The fourth-order valence-corrected chi connectivity index (χ4v) is 2.44. The first-order valence-electron chi connectivity index (χ1n) is 6.64. The Balaban J connectivity index is 2.02. The van der Waals surface area contributed by atoms with Gasteiger partial charge in [0.1, 0.15) is 5.69 Å². The minimum Gasteiger partial charge on any atom is -0.352 e. The Morgan fingerprint density at radius 1 is 1.25 bits per heavy atom. The molecule has 3 heterocycles. The Bertz CT molecular complexity index is 598. The van der Waals surface area contributed by atoms with Gasteiger partial charge < -0.3 is 10.2 Å². The Kier molecular flexibility index (Phi) is 3.35. The maximum absolute atomic E-state index is 14.0. The number of nitrogens with zero attached hydrogens (tertiary/aromatic N) is 5. The lowest BCUT2D eigenvalue weighted by atomic mass is 10.2. The molecule has 1 saturated heterocycles. The maximum Gasteiger partial charge on any atom is 0.183 e. The van der Waals surface area contributed by atoms with Crippen LogP contribution in [0, 0.1) is 12.7 Å². The molecule has 0 bridgehead atoms. The maximum atomic E-state index is 14.0. The van der Waals surface area contributed by atoms with E-state index in [1.54, 1.807) is 10.9 Å². The summed E-state index contributed by atoms with van der Waals surface area (Å²) in [5.74, 6) is 0.505. The van der Waals surface area contributed by atoms with Crippen molar-refractivity contribution in [3.05, 3.63) is 23.8 Å². The van der Waals surface area contributed by atoms with Crippen LogP contribution in [-0.2, 0) is 7.05 Å². The van der Waals surface area contributed by atoms with Crippen LogP contribution in [0.5, 0.6) is 0 Å². The quantitative estimate of drug-likeness (QED) is 0.876. The fraction of sp³-hybridized carbons (Fsp3) is 0.462. The fourth-order valence-electron chi connectivity index (χ4n) is 2.44. The molecule has 0 unspecified atom stereocenters. The van der Waals surface area contributed by atoms with E-state index < -0.39 is 0 Å². The van der Waals surface area contributed by atoms with Crippen molar-refractivity contribution >= 4 is 5.82 Å². The molecule has 0 aromatic carbocycles. The molecule has 3 rings (SSSR count). The normalized spacial score (nSPS) is 15.7. The van der Waals surface area contributed by atoms with E-state index in [0.717, 1.165) is 37.4 Å². The molecular weight excluding hydrogens is 259 g/mol. The largest absolute Gasteiger partial charge is 0.352 e. The van der Waals surface area contributed by atoms with Gasteiger partial charge in [0.05, 0.1) is 12.4 Å². The predicted octanol–water partition coefficient (Wildman–Crippen LogP) is 0.734. The summed E-state index contributed by atoms with van der Waals surface area (Å²) in [4.78, 5) is 10.5. The van der Waals surface area contributed by atoms with Crippen molar-refractivity contribution in [3.63, 3.8) is 0 Å². The summed E-state index contributed by atoms with van der Waals surface area (Å²) in [5, 5.41) is 7.42. The van der Waals surface area contributed by atoms with Crippen LogP contribution in [0.25, 0.3) is 11.5 Å². The van der Waals surface area contributed by atoms with Gasteiger partial charge in [-0.1, -0.05) is 0 Å². The molecule has 2 aromatic heterocycles. The first-order chi connectivity index (χ1) is 9.66. The number of hydrogen-bond donors (Lipinski definition) is 1. The third kappa shape index (κ3) is 2.24. The van der Waals surface area contributed by atoms with Crippen molar-refractivity contribution in [3.8, 4) is 11.5 Å². The number of piperazine rings is 1. The zero-order valence-electron chi connectivity index (χ0n) is 11.6. The van der Waals surface area contributed by atoms with E-state index in [2.05, 4.69) is 20.4 Å². The van der Waals surface area contributed by atoms with Crippen LogP contribution in [-0.4, -0.2) is 45.9 Å². The van der Waals surface area contributed by atoms with E-state index in [9.17, 15) is 4.39 Å². The van der Waals surface area contributed by atoms with Crippen LogP contribution >= 0.6 is 0 Å². The highest BCUT2D eigenvalue weighted by Crippen LogP contribution is 2.23. The van der Waals surface area contributed by atoms with Crippen molar-refractivity contribution < 1.29 is 4.39 Å². The third-order valence-electron chi connectivity index (χ3n) is 3.48. The van der Waals surface area contributed by atoms with Gasteiger partial charge in [-0.15, -0.1) is 0 Å². The molecule has 0 radical (unpaired) electrons.